The number of H-pyrrole nitrogens is 1. The second-order valence-electron chi connectivity index (χ2n) is 5.26. The number of aromatic amines is 1. The zero-order valence-electron chi connectivity index (χ0n) is 12.4. The summed E-state index contributed by atoms with van der Waals surface area (Å²) in [6.45, 7) is 5.66. The predicted molar refractivity (Wildman–Crippen MR) is 81.4 cm³/mol. The Morgan fingerprint density at radius 2 is 2.14 bits per heavy atom. The van der Waals surface area contributed by atoms with Crippen LogP contribution in [0.3, 0.4) is 0 Å². The van der Waals surface area contributed by atoms with E-state index in [4.69, 9.17) is 0 Å². The maximum atomic E-state index is 12.1. The van der Waals surface area contributed by atoms with Crippen LogP contribution in [-0.4, -0.2) is 21.9 Å². The molecule has 5 nitrogen and oxygen atoms in total. The van der Waals surface area contributed by atoms with Crippen LogP contribution in [0.1, 0.15) is 34.4 Å². The molecule has 0 aliphatic carbocycles. The minimum Gasteiger partial charge on any atom is -0.354 e. The van der Waals surface area contributed by atoms with Gasteiger partial charge in [-0.1, -0.05) is 6.07 Å². The van der Waals surface area contributed by atoms with E-state index in [0.29, 0.717) is 12.1 Å². The van der Waals surface area contributed by atoms with Gasteiger partial charge in [0.2, 0.25) is 0 Å². The Bertz CT molecular complexity index is 707. The normalized spacial score (nSPS) is 12.0. The molecule has 2 N–H and O–H groups in total. The predicted octanol–water partition coefficient (Wildman–Crippen LogP) is 1.75. The van der Waals surface area contributed by atoms with Gasteiger partial charge in [-0.3, -0.25) is 14.6 Å². The van der Waals surface area contributed by atoms with Crippen LogP contribution in [0.2, 0.25) is 0 Å². The monoisotopic (exact) mass is 285 g/mol. The molecule has 5 heteroatoms. The summed E-state index contributed by atoms with van der Waals surface area (Å²) in [5.74, 6) is -0.281. The molecule has 2 heterocycles. The molecule has 1 amide bonds. The second kappa shape index (κ2) is 6.35. The number of nitrogens with zero attached hydrogens (tertiary/aromatic N) is 1. The molecule has 0 fully saturated rings. The van der Waals surface area contributed by atoms with Crippen molar-refractivity contribution in [2.24, 2.45) is 0 Å². The molecule has 0 aliphatic rings. The van der Waals surface area contributed by atoms with Crippen molar-refractivity contribution in [3.8, 4) is 0 Å². The van der Waals surface area contributed by atoms with Gasteiger partial charge in [0, 0.05) is 42.2 Å². The van der Waals surface area contributed by atoms with Crippen LogP contribution in [0.25, 0.3) is 0 Å². The lowest BCUT2D eigenvalue weighted by Gasteiger charge is -2.14. The van der Waals surface area contributed by atoms with Crippen LogP contribution < -0.4 is 10.7 Å². The Morgan fingerprint density at radius 3 is 2.81 bits per heavy atom. The highest BCUT2D eigenvalue weighted by atomic mass is 16.2. The van der Waals surface area contributed by atoms with Crippen molar-refractivity contribution >= 4 is 5.91 Å². The number of pyridine rings is 2. The van der Waals surface area contributed by atoms with Crippen molar-refractivity contribution in [2.75, 3.05) is 0 Å². The number of hydrogen-bond donors (Lipinski definition) is 2. The molecular formula is C16H19N3O2. The summed E-state index contributed by atoms with van der Waals surface area (Å²) in [7, 11) is 0. The van der Waals surface area contributed by atoms with Crippen LogP contribution in [-0.2, 0) is 6.42 Å². The topological polar surface area (TPSA) is 74.8 Å². The highest BCUT2D eigenvalue weighted by Gasteiger charge is 2.13. The van der Waals surface area contributed by atoms with E-state index in [1.807, 2.05) is 26.0 Å². The molecule has 2 rings (SSSR count). The largest absolute Gasteiger partial charge is 0.354 e. The Morgan fingerprint density at radius 1 is 1.38 bits per heavy atom. The number of aromatic nitrogens is 2. The van der Waals surface area contributed by atoms with Gasteiger partial charge in [0.25, 0.3) is 5.91 Å². The van der Waals surface area contributed by atoms with E-state index in [9.17, 15) is 9.59 Å². The van der Waals surface area contributed by atoms with Gasteiger partial charge in [-0.25, -0.2) is 0 Å². The van der Waals surface area contributed by atoms with Crippen molar-refractivity contribution in [2.45, 2.75) is 33.2 Å². The molecule has 0 saturated heterocycles. The molecule has 0 spiro atoms. The number of nitrogens with one attached hydrogen (secondary N) is 2. The van der Waals surface area contributed by atoms with E-state index in [1.54, 1.807) is 13.1 Å². The second-order valence-corrected chi connectivity index (χ2v) is 5.26. The summed E-state index contributed by atoms with van der Waals surface area (Å²) < 4.78 is 0. The fourth-order valence-electron chi connectivity index (χ4n) is 2.18. The van der Waals surface area contributed by atoms with Crippen LogP contribution in [0.5, 0.6) is 0 Å². The summed E-state index contributed by atoms with van der Waals surface area (Å²) in [4.78, 5) is 30.8. The van der Waals surface area contributed by atoms with Gasteiger partial charge in [-0.05, 0) is 32.4 Å². The molecule has 21 heavy (non-hydrogen) atoms. The summed E-state index contributed by atoms with van der Waals surface area (Å²) in [6, 6.07) is 6.57. The van der Waals surface area contributed by atoms with E-state index in [-0.39, 0.29) is 23.1 Å². The van der Waals surface area contributed by atoms with Crippen LogP contribution in [0.4, 0.5) is 0 Å². The SMILES string of the molecule is Cc1cc(=O)cc(C(=O)NC(C)Cc2ncccc2C)[nH]1. The third kappa shape index (κ3) is 4.02. The van der Waals surface area contributed by atoms with Crippen LogP contribution in [0, 0.1) is 13.8 Å². The number of hydrogen-bond acceptors (Lipinski definition) is 3. The molecular weight excluding hydrogens is 266 g/mol. The maximum absolute atomic E-state index is 12.1. The lowest BCUT2D eigenvalue weighted by Crippen LogP contribution is -2.35. The first kappa shape index (κ1) is 15.0. The van der Waals surface area contributed by atoms with Gasteiger partial charge in [-0.2, -0.15) is 0 Å². The lowest BCUT2D eigenvalue weighted by atomic mass is 10.1. The smallest absolute Gasteiger partial charge is 0.268 e. The van der Waals surface area contributed by atoms with Gasteiger partial charge in [0.15, 0.2) is 5.43 Å². The molecule has 0 aliphatic heterocycles. The Balaban J connectivity index is 2.05. The van der Waals surface area contributed by atoms with E-state index in [0.717, 1.165) is 11.3 Å². The molecule has 0 aromatic carbocycles. The zero-order valence-corrected chi connectivity index (χ0v) is 12.4. The van der Waals surface area contributed by atoms with E-state index >= 15 is 0 Å². The fourth-order valence-corrected chi connectivity index (χ4v) is 2.18. The quantitative estimate of drug-likeness (QED) is 0.898. The Hall–Kier alpha value is -2.43. The Kier molecular flexibility index (Phi) is 4.52. The van der Waals surface area contributed by atoms with E-state index in [1.165, 1.54) is 12.1 Å². The molecule has 1 atom stereocenters. The van der Waals surface area contributed by atoms with Crippen molar-refractivity contribution < 1.29 is 4.79 Å². The number of carbonyl (C=O) groups excluding carboxylic acids is 1. The Labute approximate surface area is 123 Å². The summed E-state index contributed by atoms with van der Waals surface area (Å²) >= 11 is 0. The van der Waals surface area contributed by atoms with Gasteiger partial charge < -0.3 is 10.3 Å². The van der Waals surface area contributed by atoms with Gasteiger partial charge in [0.1, 0.15) is 5.69 Å². The highest BCUT2D eigenvalue weighted by Crippen LogP contribution is 2.06. The minimum atomic E-state index is -0.281. The van der Waals surface area contributed by atoms with Gasteiger partial charge >= 0.3 is 0 Å². The molecule has 1 unspecified atom stereocenters. The first-order valence-corrected chi connectivity index (χ1v) is 6.88. The molecule has 0 saturated carbocycles. The van der Waals surface area contributed by atoms with Gasteiger partial charge in [-0.15, -0.1) is 0 Å². The lowest BCUT2D eigenvalue weighted by molar-refractivity contribution is 0.0934. The van der Waals surface area contributed by atoms with Gasteiger partial charge in [0.05, 0.1) is 0 Å². The van der Waals surface area contributed by atoms with Crippen LogP contribution in [0.15, 0.2) is 35.3 Å². The minimum absolute atomic E-state index is 0.0740. The third-order valence-corrected chi connectivity index (χ3v) is 3.22. The number of aryl methyl sites for hydroxylation is 2. The highest BCUT2D eigenvalue weighted by molar-refractivity contribution is 5.92. The zero-order chi connectivity index (χ0) is 15.4. The van der Waals surface area contributed by atoms with E-state index < -0.39 is 0 Å². The molecule has 0 radical (unpaired) electrons. The van der Waals surface area contributed by atoms with Crippen molar-refractivity contribution in [3.05, 3.63) is 63.3 Å². The standard InChI is InChI=1S/C16H19N3O2/c1-10-5-4-6-17-14(10)8-12(3)19-16(21)15-9-13(20)7-11(2)18-15/h4-7,9,12H,8H2,1-3H3,(H,18,20)(H,19,21). The molecule has 2 aromatic rings. The first-order chi connectivity index (χ1) is 9.95. The van der Waals surface area contributed by atoms with Crippen molar-refractivity contribution in [1.82, 2.24) is 15.3 Å². The average molecular weight is 285 g/mol. The maximum Gasteiger partial charge on any atom is 0.268 e. The average Bonchev–Trinajstić information content (AvgIpc) is 2.40. The molecule has 110 valence electrons. The molecule has 2 aromatic heterocycles. The number of rotatable bonds is 4. The fraction of sp³-hybridized carbons (Fsp3) is 0.312. The number of carbonyl (C=O) groups is 1. The number of amides is 1. The first-order valence-electron chi connectivity index (χ1n) is 6.88. The summed E-state index contributed by atoms with van der Waals surface area (Å²) in [5.41, 5.74) is 2.83. The summed E-state index contributed by atoms with van der Waals surface area (Å²) in [6.07, 6.45) is 2.39. The van der Waals surface area contributed by atoms with Crippen LogP contribution >= 0.6 is 0 Å². The van der Waals surface area contributed by atoms with Crippen molar-refractivity contribution in [3.63, 3.8) is 0 Å². The van der Waals surface area contributed by atoms with E-state index in [2.05, 4.69) is 15.3 Å². The molecule has 0 bridgehead atoms. The third-order valence-electron chi connectivity index (χ3n) is 3.22. The summed E-state index contributed by atoms with van der Waals surface area (Å²) in [5, 5.41) is 2.88. The van der Waals surface area contributed by atoms with Crippen molar-refractivity contribution in [1.29, 1.82) is 0 Å².